The maximum atomic E-state index is 2.70. The SMILES string of the molecule is CC(C)N1C[C@H](C(C)(C)C)N(C(C)C)C[C@@H]1C. The zero-order valence-corrected chi connectivity index (χ0v) is 13.1. The summed E-state index contributed by atoms with van der Waals surface area (Å²) < 4.78 is 0. The van der Waals surface area contributed by atoms with Gasteiger partial charge < -0.3 is 0 Å². The van der Waals surface area contributed by atoms with Crippen LogP contribution < -0.4 is 0 Å². The number of nitrogens with zero attached hydrogens (tertiary/aromatic N) is 2. The van der Waals surface area contributed by atoms with Crippen molar-refractivity contribution in [2.45, 2.75) is 79.6 Å². The van der Waals surface area contributed by atoms with E-state index in [1.54, 1.807) is 0 Å². The normalized spacial score (nSPS) is 29.3. The van der Waals surface area contributed by atoms with E-state index in [4.69, 9.17) is 0 Å². The summed E-state index contributed by atoms with van der Waals surface area (Å²) in [5, 5.41) is 0. The van der Waals surface area contributed by atoms with Crippen LogP contribution in [0.3, 0.4) is 0 Å². The Bertz CT molecular complexity index is 240. The zero-order valence-electron chi connectivity index (χ0n) is 13.1. The van der Waals surface area contributed by atoms with Gasteiger partial charge in [0.05, 0.1) is 0 Å². The minimum absolute atomic E-state index is 0.359. The molecule has 17 heavy (non-hydrogen) atoms. The van der Waals surface area contributed by atoms with E-state index in [1.807, 2.05) is 0 Å². The van der Waals surface area contributed by atoms with Gasteiger partial charge in [-0.1, -0.05) is 20.8 Å². The first-order valence-corrected chi connectivity index (χ1v) is 7.16. The molecular formula is C15H32N2. The lowest BCUT2D eigenvalue weighted by Crippen LogP contribution is -2.64. The average Bonchev–Trinajstić information content (AvgIpc) is 2.14. The average molecular weight is 240 g/mol. The molecule has 102 valence electrons. The molecule has 1 fully saturated rings. The van der Waals surface area contributed by atoms with E-state index >= 15 is 0 Å². The Labute approximate surface area is 108 Å². The van der Waals surface area contributed by atoms with Crippen molar-refractivity contribution in [3.63, 3.8) is 0 Å². The van der Waals surface area contributed by atoms with Gasteiger partial charge in [-0.15, -0.1) is 0 Å². The molecule has 0 spiro atoms. The van der Waals surface area contributed by atoms with Crippen LogP contribution in [0, 0.1) is 5.41 Å². The molecule has 0 saturated carbocycles. The van der Waals surface area contributed by atoms with Crippen LogP contribution in [0.5, 0.6) is 0 Å². The fourth-order valence-electron chi connectivity index (χ4n) is 3.08. The second-order valence-electron chi connectivity index (χ2n) is 7.31. The predicted molar refractivity (Wildman–Crippen MR) is 76.4 cm³/mol. The lowest BCUT2D eigenvalue weighted by Gasteiger charge is -2.53. The molecule has 0 aromatic rings. The number of piperazine rings is 1. The van der Waals surface area contributed by atoms with E-state index in [1.165, 1.54) is 13.1 Å². The Balaban J connectivity index is 2.89. The van der Waals surface area contributed by atoms with Crippen molar-refractivity contribution < 1.29 is 0 Å². The highest BCUT2D eigenvalue weighted by molar-refractivity contribution is 4.95. The monoisotopic (exact) mass is 240 g/mol. The third-order valence-electron chi connectivity index (χ3n) is 4.15. The molecule has 0 radical (unpaired) electrons. The maximum absolute atomic E-state index is 2.70. The largest absolute Gasteiger partial charge is 0.295 e. The third kappa shape index (κ3) is 3.45. The van der Waals surface area contributed by atoms with Crippen LogP contribution in [0.25, 0.3) is 0 Å². The Morgan fingerprint density at radius 2 is 1.35 bits per heavy atom. The van der Waals surface area contributed by atoms with Gasteiger partial charge in [-0.25, -0.2) is 0 Å². The maximum Gasteiger partial charge on any atom is 0.0275 e. The Hall–Kier alpha value is -0.0800. The van der Waals surface area contributed by atoms with Gasteiger partial charge in [-0.2, -0.15) is 0 Å². The minimum atomic E-state index is 0.359. The van der Waals surface area contributed by atoms with Gasteiger partial charge in [0.1, 0.15) is 0 Å². The molecular weight excluding hydrogens is 208 g/mol. The van der Waals surface area contributed by atoms with Gasteiger partial charge in [0, 0.05) is 37.3 Å². The van der Waals surface area contributed by atoms with Crippen LogP contribution in [0.2, 0.25) is 0 Å². The fourth-order valence-corrected chi connectivity index (χ4v) is 3.08. The van der Waals surface area contributed by atoms with E-state index < -0.39 is 0 Å². The second kappa shape index (κ2) is 5.27. The van der Waals surface area contributed by atoms with E-state index in [0.29, 0.717) is 29.6 Å². The Morgan fingerprint density at radius 3 is 1.71 bits per heavy atom. The van der Waals surface area contributed by atoms with Gasteiger partial charge >= 0.3 is 0 Å². The molecule has 1 heterocycles. The summed E-state index contributed by atoms with van der Waals surface area (Å²) in [6, 6.07) is 2.65. The summed E-state index contributed by atoms with van der Waals surface area (Å²) in [6.45, 7) is 21.2. The van der Waals surface area contributed by atoms with E-state index in [0.717, 1.165) is 0 Å². The van der Waals surface area contributed by atoms with Gasteiger partial charge in [-0.3, -0.25) is 9.80 Å². The molecule has 2 heteroatoms. The lowest BCUT2D eigenvalue weighted by molar-refractivity contribution is -0.0405. The summed E-state index contributed by atoms with van der Waals surface area (Å²) in [7, 11) is 0. The molecule has 0 aromatic heterocycles. The number of rotatable bonds is 2. The quantitative estimate of drug-likeness (QED) is 0.731. The van der Waals surface area contributed by atoms with Crippen LogP contribution in [0.15, 0.2) is 0 Å². The first-order valence-electron chi connectivity index (χ1n) is 7.16. The summed E-state index contributed by atoms with van der Waals surface area (Å²) in [5.41, 5.74) is 0.359. The van der Waals surface area contributed by atoms with Crippen molar-refractivity contribution in [1.29, 1.82) is 0 Å². The number of hydrogen-bond acceptors (Lipinski definition) is 2. The zero-order chi connectivity index (χ0) is 13.4. The third-order valence-corrected chi connectivity index (χ3v) is 4.15. The summed E-state index contributed by atoms with van der Waals surface area (Å²) in [6.07, 6.45) is 0. The summed E-state index contributed by atoms with van der Waals surface area (Å²) in [5.74, 6) is 0. The first-order chi connectivity index (χ1) is 7.64. The molecule has 0 amide bonds. The molecule has 2 nitrogen and oxygen atoms in total. The molecule has 1 rings (SSSR count). The molecule has 0 aliphatic carbocycles. The minimum Gasteiger partial charge on any atom is -0.295 e. The van der Waals surface area contributed by atoms with Gasteiger partial charge in [0.2, 0.25) is 0 Å². The van der Waals surface area contributed by atoms with E-state index in [2.05, 4.69) is 65.2 Å². The van der Waals surface area contributed by atoms with Crippen LogP contribution in [-0.2, 0) is 0 Å². The summed E-state index contributed by atoms with van der Waals surface area (Å²) >= 11 is 0. The topological polar surface area (TPSA) is 6.48 Å². The lowest BCUT2D eigenvalue weighted by atomic mass is 9.82. The molecule has 0 unspecified atom stereocenters. The van der Waals surface area contributed by atoms with Crippen molar-refractivity contribution in [2.24, 2.45) is 5.41 Å². The van der Waals surface area contributed by atoms with Crippen molar-refractivity contribution in [3.8, 4) is 0 Å². The molecule has 1 aliphatic heterocycles. The summed E-state index contributed by atoms with van der Waals surface area (Å²) in [4.78, 5) is 5.36. The Morgan fingerprint density at radius 1 is 0.882 bits per heavy atom. The van der Waals surface area contributed by atoms with Crippen molar-refractivity contribution in [2.75, 3.05) is 13.1 Å². The first kappa shape index (κ1) is 15.0. The fraction of sp³-hybridized carbons (Fsp3) is 1.00. The van der Waals surface area contributed by atoms with Gasteiger partial charge in [-0.05, 0) is 40.0 Å². The number of hydrogen-bond donors (Lipinski definition) is 0. The smallest absolute Gasteiger partial charge is 0.0275 e. The van der Waals surface area contributed by atoms with Crippen molar-refractivity contribution in [3.05, 3.63) is 0 Å². The molecule has 1 saturated heterocycles. The predicted octanol–water partition coefficient (Wildman–Crippen LogP) is 3.22. The highest BCUT2D eigenvalue weighted by Crippen LogP contribution is 2.31. The van der Waals surface area contributed by atoms with Crippen LogP contribution >= 0.6 is 0 Å². The van der Waals surface area contributed by atoms with Crippen LogP contribution in [0.1, 0.15) is 55.4 Å². The van der Waals surface area contributed by atoms with E-state index in [9.17, 15) is 0 Å². The molecule has 0 aromatic carbocycles. The Kier molecular flexibility index (Phi) is 4.65. The highest BCUT2D eigenvalue weighted by atomic mass is 15.3. The standard InChI is InChI=1S/C15H32N2/c1-11(2)16-10-14(15(6,7)8)17(12(3)4)9-13(16)5/h11-14H,9-10H2,1-8H3/t13-,14+/m0/s1. The van der Waals surface area contributed by atoms with Gasteiger partial charge in [0.15, 0.2) is 0 Å². The van der Waals surface area contributed by atoms with E-state index in [-0.39, 0.29) is 0 Å². The second-order valence-corrected chi connectivity index (χ2v) is 7.31. The van der Waals surface area contributed by atoms with Gasteiger partial charge in [0.25, 0.3) is 0 Å². The molecule has 0 N–H and O–H groups in total. The molecule has 2 atom stereocenters. The van der Waals surface area contributed by atoms with Crippen molar-refractivity contribution >= 4 is 0 Å². The van der Waals surface area contributed by atoms with Crippen LogP contribution in [0.4, 0.5) is 0 Å². The highest BCUT2D eigenvalue weighted by Gasteiger charge is 2.39. The molecule has 1 aliphatic rings. The van der Waals surface area contributed by atoms with Crippen LogP contribution in [-0.4, -0.2) is 47.1 Å². The molecule has 0 bridgehead atoms. The van der Waals surface area contributed by atoms with Crippen molar-refractivity contribution in [1.82, 2.24) is 9.80 Å².